The summed E-state index contributed by atoms with van der Waals surface area (Å²) in [7, 11) is 0. The van der Waals surface area contributed by atoms with Crippen LogP contribution < -0.4 is 9.47 Å². The number of imidazole rings is 1. The number of aryl methyl sites for hydroxylation is 1. The van der Waals surface area contributed by atoms with Gasteiger partial charge in [-0.15, -0.1) is 0 Å². The molecule has 0 amide bonds. The molecule has 0 atom stereocenters. The summed E-state index contributed by atoms with van der Waals surface area (Å²) in [6.07, 6.45) is 5.83. The lowest BCUT2D eigenvalue weighted by Crippen LogP contribution is -2.25. The SMILES string of the molecule is CCCc1nc(-c2ccc(OCCc3ccc(Cl)cc3)cc2)c(CCC)n1-c1ccc(OCCCN(CC)CC)cc1. The zero-order chi connectivity index (χ0) is 29.7. The summed E-state index contributed by atoms with van der Waals surface area (Å²) < 4.78 is 14.5. The van der Waals surface area contributed by atoms with E-state index in [4.69, 9.17) is 26.1 Å². The maximum atomic E-state index is 6.07. The van der Waals surface area contributed by atoms with Crippen LogP contribution in [0.5, 0.6) is 11.5 Å². The molecule has 0 spiro atoms. The summed E-state index contributed by atoms with van der Waals surface area (Å²) in [6, 6.07) is 24.8. The zero-order valence-corrected chi connectivity index (χ0v) is 26.5. The van der Waals surface area contributed by atoms with E-state index in [0.717, 1.165) is 104 Å². The van der Waals surface area contributed by atoms with Crippen molar-refractivity contribution in [1.29, 1.82) is 0 Å². The quantitative estimate of drug-likeness (QED) is 0.116. The Morgan fingerprint density at radius 3 is 1.95 bits per heavy atom. The number of hydrogen-bond acceptors (Lipinski definition) is 4. The molecule has 0 fully saturated rings. The van der Waals surface area contributed by atoms with Crippen LogP contribution >= 0.6 is 11.6 Å². The van der Waals surface area contributed by atoms with Crippen LogP contribution in [0.15, 0.2) is 72.8 Å². The highest BCUT2D eigenvalue weighted by atomic mass is 35.5. The number of hydrogen-bond donors (Lipinski definition) is 0. The van der Waals surface area contributed by atoms with Gasteiger partial charge in [-0.3, -0.25) is 0 Å². The Balaban J connectivity index is 1.48. The molecule has 4 aromatic rings. The third-order valence-electron chi connectivity index (χ3n) is 7.58. The lowest BCUT2D eigenvalue weighted by Gasteiger charge is -2.18. The van der Waals surface area contributed by atoms with Crippen LogP contribution in [0, 0.1) is 0 Å². The van der Waals surface area contributed by atoms with Crippen molar-refractivity contribution in [3.8, 4) is 28.4 Å². The van der Waals surface area contributed by atoms with Gasteiger partial charge in [0.25, 0.3) is 0 Å². The van der Waals surface area contributed by atoms with Crippen LogP contribution in [0.1, 0.15) is 64.0 Å². The fourth-order valence-electron chi connectivity index (χ4n) is 5.26. The molecule has 6 heteroatoms. The Bertz CT molecular complexity index is 1340. The van der Waals surface area contributed by atoms with Gasteiger partial charge < -0.3 is 18.9 Å². The van der Waals surface area contributed by atoms with Crippen LogP contribution in [-0.2, 0) is 19.3 Å². The Kier molecular flexibility index (Phi) is 12.3. The maximum Gasteiger partial charge on any atom is 0.119 e. The topological polar surface area (TPSA) is 39.5 Å². The Hall–Kier alpha value is -3.28. The first-order chi connectivity index (χ1) is 20.6. The maximum absolute atomic E-state index is 6.07. The van der Waals surface area contributed by atoms with Gasteiger partial charge in [-0.2, -0.15) is 0 Å². The smallest absolute Gasteiger partial charge is 0.119 e. The van der Waals surface area contributed by atoms with Gasteiger partial charge in [0.1, 0.15) is 17.3 Å². The molecule has 0 N–H and O–H groups in total. The molecule has 0 bridgehead atoms. The van der Waals surface area contributed by atoms with Gasteiger partial charge in [0.15, 0.2) is 0 Å². The lowest BCUT2D eigenvalue weighted by atomic mass is 10.1. The first kappa shape index (κ1) is 31.7. The molecule has 1 heterocycles. The Morgan fingerprint density at radius 2 is 1.33 bits per heavy atom. The van der Waals surface area contributed by atoms with Crippen LogP contribution in [0.4, 0.5) is 0 Å². The molecule has 0 aliphatic heterocycles. The van der Waals surface area contributed by atoms with Gasteiger partial charge in [0.05, 0.1) is 24.6 Å². The minimum atomic E-state index is 0.618. The van der Waals surface area contributed by atoms with E-state index in [9.17, 15) is 0 Å². The molecule has 0 aliphatic carbocycles. The molecule has 0 unspecified atom stereocenters. The number of ether oxygens (including phenoxy) is 2. The van der Waals surface area contributed by atoms with Gasteiger partial charge in [-0.25, -0.2) is 4.98 Å². The number of halogens is 1. The summed E-state index contributed by atoms with van der Waals surface area (Å²) in [4.78, 5) is 7.62. The second-order valence-electron chi connectivity index (χ2n) is 10.6. The highest BCUT2D eigenvalue weighted by Gasteiger charge is 2.19. The molecule has 3 aromatic carbocycles. The average Bonchev–Trinajstić information content (AvgIpc) is 3.37. The van der Waals surface area contributed by atoms with Gasteiger partial charge in [0.2, 0.25) is 0 Å². The van der Waals surface area contributed by atoms with E-state index in [0.29, 0.717) is 6.61 Å². The van der Waals surface area contributed by atoms with E-state index in [1.54, 1.807) is 0 Å². The van der Waals surface area contributed by atoms with Crippen LogP contribution in [0.25, 0.3) is 16.9 Å². The summed E-state index contributed by atoms with van der Waals surface area (Å²) in [5.41, 5.74) is 5.78. The largest absolute Gasteiger partial charge is 0.494 e. The van der Waals surface area contributed by atoms with Gasteiger partial charge in [-0.05, 0) is 98.6 Å². The van der Waals surface area contributed by atoms with E-state index in [-0.39, 0.29) is 0 Å². The van der Waals surface area contributed by atoms with E-state index >= 15 is 0 Å². The summed E-state index contributed by atoms with van der Waals surface area (Å²) in [6.45, 7) is 13.4. The molecule has 42 heavy (non-hydrogen) atoms. The predicted molar refractivity (Wildman–Crippen MR) is 176 cm³/mol. The monoisotopic (exact) mass is 587 g/mol. The molecule has 0 saturated carbocycles. The van der Waals surface area contributed by atoms with Crippen molar-refractivity contribution in [3.63, 3.8) is 0 Å². The fraction of sp³-hybridized carbons (Fsp3) is 0.417. The van der Waals surface area contributed by atoms with Crippen LogP contribution in [-0.4, -0.2) is 47.3 Å². The molecule has 224 valence electrons. The number of nitrogens with zero attached hydrogens (tertiary/aromatic N) is 3. The van der Waals surface area contributed by atoms with Gasteiger partial charge in [-0.1, -0.05) is 57.8 Å². The number of benzene rings is 3. The minimum Gasteiger partial charge on any atom is -0.494 e. The summed E-state index contributed by atoms with van der Waals surface area (Å²) in [5, 5.41) is 0.755. The first-order valence-corrected chi connectivity index (χ1v) is 16.0. The second kappa shape index (κ2) is 16.4. The van der Waals surface area contributed by atoms with Crippen molar-refractivity contribution in [3.05, 3.63) is 94.9 Å². The van der Waals surface area contributed by atoms with Crippen molar-refractivity contribution in [1.82, 2.24) is 14.5 Å². The van der Waals surface area contributed by atoms with Gasteiger partial charge in [0, 0.05) is 35.7 Å². The van der Waals surface area contributed by atoms with Crippen molar-refractivity contribution < 1.29 is 9.47 Å². The first-order valence-electron chi connectivity index (χ1n) is 15.6. The molecule has 1 aromatic heterocycles. The highest BCUT2D eigenvalue weighted by molar-refractivity contribution is 6.30. The minimum absolute atomic E-state index is 0.618. The average molecular weight is 588 g/mol. The highest BCUT2D eigenvalue weighted by Crippen LogP contribution is 2.31. The zero-order valence-electron chi connectivity index (χ0n) is 25.7. The molecule has 5 nitrogen and oxygen atoms in total. The third-order valence-corrected chi connectivity index (χ3v) is 7.83. The Morgan fingerprint density at radius 1 is 0.714 bits per heavy atom. The van der Waals surface area contributed by atoms with E-state index in [1.807, 2.05) is 24.3 Å². The molecular weight excluding hydrogens is 542 g/mol. The third kappa shape index (κ3) is 8.62. The van der Waals surface area contributed by atoms with E-state index in [2.05, 4.69) is 85.7 Å². The van der Waals surface area contributed by atoms with Crippen molar-refractivity contribution in [2.45, 2.75) is 66.2 Å². The summed E-state index contributed by atoms with van der Waals surface area (Å²) in [5.74, 6) is 2.89. The fourth-order valence-corrected chi connectivity index (χ4v) is 5.38. The van der Waals surface area contributed by atoms with Crippen molar-refractivity contribution in [2.75, 3.05) is 32.8 Å². The van der Waals surface area contributed by atoms with Gasteiger partial charge >= 0.3 is 0 Å². The molecule has 0 radical (unpaired) electrons. The number of aromatic nitrogens is 2. The van der Waals surface area contributed by atoms with E-state index in [1.165, 1.54) is 11.3 Å². The molecule has 4 rings (SSSR count). The number of rotatable bonds is 17. The molecule has 0 saturated heterocycles. The van der Waals surface area contributed by atoms with Crippen molar-refractivity contribution >= 4 is 11.6 Å². The normalized spacial score (nSPS) is 11.3. The second-order valence-corrected chi connectivity index (χ2v) is 11.1. The van der Waals surface area contributed by atoms with Crippen LogP contribution in [0.3, 0.4) is 0 Å². The van der Waals surface area contributed by atoms with Crippen LogP contribution in [0.2, 0.25) is 5.02 Å². The summed E-state index contributed by atoms with van der Waals surface area (Å²) >= 11 is 6.00. The standard InChI is InChI=1S/C36H46ClN3O2/c1-5-10-34-36(29-14-20-32(21-15-29)42-27-24-28-12-16-30(37)17-13-28)38-35(11-6-2)40(34)31-18-22-33(23-19-31)41-26-9-25-39(7-3)8-4/h12-23H,5-11,24-27H2,1-4H3. The lowest BCUT2D eigenvalue weighted by molar-refractivity contribution is 0.249. The van der Waals surface area contributed by atoms with E-state index < -0.39 is 0 Å². The molecule has 0 aliphatic rings. The Labute approximate surface area is 257 Å². The molecular formula is C36H46ClN3O2. The predicted octanol–water partition coefficient (Wildman–Crippen LogP) is 8.83. The van der Waals surface area contributed by atoms with Crippen molar-refractivity contribution in [2.24, 2.45) is 0 Å².